The second-order valence-electron chi connectivity index (χ2n) is 9.23. The molecule has 0 spiro atoms. The van der Waals surface area contributed by atoms with Crippen LogP contribution < -0.4 is 20.1 Å². The normalized spacial score (nSPS) is 14.1. The van der Waals surface area contributed by atoms with Crippen molar-refractivity contribution in [1.29, 1.82) is 0 Å². The molecule has 3 aromatic rings. The van der Waals surface area contributed by atoms with E-state index in [-0.39, 0.29) is 11.4 Å². The van der Waals surface area contributed by atoms with Gasteiger partial charge in [0.2, 0.25) is 0 Å². The summed E-state index contributed by atoms with van der Waals surface area (Å²) in [6.45, 7) is 7.18. The highest BCUT2D eigenvalue weighted by atomic mass is 35.5. The summed E-state index contributed by atoms with van der Waals surface area (Å²) in [6, 6.07) is 15.0. The van der Waals surface area contributed by atoms with Crippen molar-refractivity contribution < 1.29 is 14.3 Å². The van der Waals surface area contributed by atoms with Crippen molar-refractivity contribution in [2.24, 2.45) is 0 Å². The molecule has 1 amide bonds. The molecule has 2 heterocycles. The van der Waals surface area contributed by atoms with Gasteiger partial charge < -0.3 is 20.1 Å². The van der Waals surface area contributed by atoms with Crippen LogP contribution in [0.15, 0.2) is 48.5 Å². The second kappa shape index (κ2) is 10.9. The van der Waals surface area contributed by atoms with Crippen LogP contribution in [0.5, 0.6) is 11.5 Å². The van der Waals surface area contributed by atoms with Crippen molar-refractivity contribution in [2.75, 3.05) is 44.5 Å². The van der Waals surface area contributed by atoms with Crippen LogP contribution in [-0.2, 0) is 0 Å². The number of nitrogens with one attached hydrogen (secondary N) is 2. The maximum Gasteiger partial charge on any atom is 0.267 e. The molecule has 1 aliphatic heterocycles. The quantitative estimate of drug-likeness (QED) is 0.336. The first-order valence-electron chi connectivity index (χ1n) is 11.8. The predicted molar refractivity (Wildman–Crippen MR) is 146 cm³/mol. The molecule has 1 aliphatic rings. The summed E-state index contributed by atoms with van der Waals surface area (Å²) in [6.07, 6.45) is 2.48. The highest BCUT2D eigenvalue weighted by Crippen LogP contribution is 2.37. The summed E-state index contributed by atoms with van der Waals surface area (Å²) in [5.74, 6) is 1.06. The third-order valence-electron chi connectivity index (χ3n) is 6.30. The molecule has 1 fully saturated rings. The number of nitrogens with zero attached hydrogens (tertiary/aromatic N) is 1. The Kier molecular flexibility index (Phi) is 7.89. The minimum atomic E-state index is -0.189. The Bertz CT molecular complexity index is 1170. The SMILES string of the molecule is CNc1cc(-c2ccc(Cl)cc2)sc1C(=O)Nc1ccc(OCC(C)(C)N2CCCC2)c(OC)c1. The van der Waals surface area contributed by atoms with Gasteiger partial charge >= 0.3 is 0 Å². The second-order valence-corrected chi connectivity index (χ2v) is 10.7. The Hall–Kier alpha value is -2.74. The van der Waals surface area contributed by atoms with E-state index in [0.717, 1.165) is 29.2 Å². The van der Waals surface area contributed by atoms with Gasteiger partial charge in [0.1, 0.15) is 11.5 Å². The lowest BCUT2D eigenvalue weighted by Gasteiger charge is -2.35. The molecule has 4 rings (SSSR count). The minimum Gasteiger partial charge on any atom is -0.493 e. The highest BCUT2D eigenvalue weighted by Gasteiger charge is 2.30. The molecule has 186 valence electrons. The molecule has 6 nitrogen and oxygen atoms in total. The van der Waals surface area contributed by atoms with Crippen LogP contribution in [-0.4, -0.2) is 50.2 Å². The number of carbonyl (C=O) groups is 1. The Labute approximate surface area is 216 Å². The third kappa shape index (κ3) is 5.92. The summed E-state index contributed by atoms with van der Waals surface area (Å²) < 4.78 is 11.7. The molecule has 0 saturated carbocycles. The van der Waals surface area contributed by atoms with E-state index >= 15 is 0 Å². The third-order valence-corrected chi connectivity index (χ3v) is 7.74. The molecule has 0 bridgehead atoms. The zero-order valence-corrected chi connectivity index (χ0v) is 22.2. The van der Waals surface area contributed by atoms with E-state index in [0.29, 0.717) is 33.7 Å². The molecule has 2 N–H and O–H groups in total. The van der Waals surface area contributed by atoms with Gasteiger partial charge in [0, 0.05) is 34.2 Å². The van der Waals surface area contributed by atoms with Gasteiger partial charge in [-0.05, 0) is 75.7 Å². The maximum atomic E-state index is 13.1. The van der Waals surface area contributed by atoms with Crippen LogP contribution in [0, 0.1) is 0 Å². The van der Waals surface area contributed by atoms with Crippen molar-refractivity contribution in [3.05, 3.63) is 58.4 Å². The van der Waals surface area contributed by atoms with Crippen LogP contribution in [0.2, 0.25) is 5.02 Å². The van der Waals surface area contributed by atoms with Crippen molar-refractivity contribution >= 4 is 40.2 Å². The maximum absolute atomic E-state index is 13.1. The largest absolute Gasteiger partial charge is 0.493 e. The molecular weight excluding hydrogens is 482 g/mol. The van der Waals surface area contributed by atoms with Crippen molar-refractivity contribution in [2.45, 2.75) is 32.2 Å². The first kappa shape index (κ1) is 25.4. The lowest BCUT2D eigenvalue weighted by atomic mass is 10.1. The number of hydrogen-bond donors (Lipinski definition) is 2. The summed E-state index contributed by atoms with van der Waals surface area (Å²) in [5, 5.41) is 6.80. The number of methoxy groups -OCH3 is 1. The van der Waals surface area contributed by atoms with Gasteiger partial charge in [-0.3, -0.25) is 9.69 Å². The number of anilines is 2. The summed E-state index contributed by atoms with van der Waals surface area (Å²) in [7, 11) is 3.42. The van der Waals surface area contributed by atoms with Crippen LogP contribution in [0.1, 0.15) is 36.4 Å². The van der Waals surface area contributed by atoms with E-state index < -0.39 is 0 Å². The molecule has 0 radical (unpaired) electrons. The predicted octanol–water partition coefficient (Wildman–Crippen LogP) is 6.62. The van der Waals surface area contributed by atoms with E-state index in [4.69, 9.17) is 21.1 Å². The molecule has 0 unspecified atom stereocenters. The number of hydrogen-bond acceptors (Lipinski definition) is 6. The molecule has 1 saturated heterocycles. The molecule has 2 aromatic carbocycles. The van der Waals surface area contributed by atoms with E-state index in [2.05, 4.69) is 29.4 Å². The summed E-state index contributed by atoms with van der Waals surface area (Å²) >= 11 is 7.44. The van der Waals surface area contributed by atoms with Gasteiger partial charge in [0.25, 0.3) is 5.91 Å². The van der Waals surface area contributed by atoms with Crippen molar-refractivity contribution in [1.82, 2.24) is 4.90 Å². The topological polar surface area (TPSA) is 62.8 Å². The minimum absolute atomic E-state index is 0.0566. The number of likely N-dealkylation sites (tertiary alicyclic amines) is 1. The van der Waals surface area contributed by atoms with E-state index in [1.807, 2.05) is 49.5 Å². The fourth-order valence-electron chi connectivity index (χ4n) is 4.22. The zero-order valence-electron chi connectivity index (χ0n) is 20.6. The molecule has 0 aliphatic carbocycles. The van der Waals surface area contributed by atoms with Crippen LogP contribution in [0.3, 0.4) is 0 Å². The van der Waals surface area contributed by atoms with Crippen LogP contribution >= 0.6 is 22.9 Å². The molecule has 0 atom stereocenters. The van der Waals surface area contributed by atoms with Gasteiger partial charge in [-0.2, -0.15) is 0 Å². The van der Waals surface area contributed by atoms with Gasteiger partial charge in [0.15, 0.2) is 11.5 Å². The van der Waals surface area contributed by atoms with Gasteiger partial charge in [-0.1, -0.05) is 23.7 Å². The number of ether oxygens (including phenoxy) is 2. The van der Waals surface area contributed by atoms with Gasteiger partial charge in [-0.25, -0.2) is 0 Å². The Morgan fingerprint density at radius 1 is 1.09 bits per heavy atom. The lowest BCUT2D eigenvalue weighted by molar-refractivity contribution is 0.0879. The zero-order chi connectivity index (χ0) is 25.0. The lowest BCUT2D eigenvalue weighted by Crippen LogP contribution is -2.46. The Morgan fingerprint density at radius 2 is 1.80 bits per heavy atom. The highest BCUT2D eigenvalue weighted by molar-refractivity contribution is 7.18. The van der Waals surface area contributed by atoms with Crippen molar-refractivity contribution in [3.63, 3.8) is 0 Å². The monoisotopic (exact) mass is 513 g/mol. The van der Waals surface area contributed by atoms with Crippen LogP contribution in [0.25, 0.3) is 10.4 Å². The van der Waals surface area contributed by atoms with E-state index in [1.54, 1.807) is 13.2 Å². The average molecular weight is 514 g/mol. The number of benzene rings is 2. The number of halogens is 1. The summed E-state index contributed by atoms with van der Waals surface area (Å²) in [5.41, 5.74) is 2.36. The van der Waals surface area contributed by atoms with E-state index in [1.165, 1.54) is 24.2 Å². The first-order valence-corrected chi connectivity index (χ1v) is 12.9. The van der Waals surface area contributed by atoms with Gasteiger partial charge in [-0.15, -0.1) is 11.3 Å². The fourth-order valence-corrected chi connectivity index (χ4v) is 5.41. The number of rotatable bonds is 9. The Balaban J connectivity index is 1.47. The summed E-state index contributed by atoms with van der Waals surface area (Å²) in [4.78, 5) is 17.2. The number of carbonyl (C=O) groups excluding carboxylic acids is 1. The smallest absolute Gasteiger partial charge is 0.267 e. The number of thiophene rings is 1. The molecule has 35 heavy (non-hydrogen) atoms. The fraction of sp³-hybridized carbons (Fsp3) is 0.370. The standard InChI is InChI=1S/C27H32ClN3O3S/c1-27(2,31-13-5-6-14-31)17-34-22-12-11-20(15-23(22)33-4)30-26(32)25-21(29-3)16-24(35-25)18-7-9-19(28)10-8-18/h7-12,15-16,29H,5-6,13-14,17H2,1-4H3,(H,30,32). The van der Waals surface area contributed by atoms with Gasteiger partial charge in [0.05, 0.1) is 12.8 Å². The van der Waals surface area contributed by atoms with E-state index in [9.17, 15) is 4.79 Å². The molecule has 1 aromatic heterocycles. The Morgan fingerprint density at radius 3 is 2.46 bits per heavy atom. The average Bonchev–Trinajstić information content (AvgIpc) is 3.54. The van der Waals surface area contributed by atoms with Crippen LogP contribution in [0.4, 0.5) is 11.4 Å². The molecular formula is C27H32ClN3O3S. The van der Waals surface area contributed by atoms with Crippen molar-refractivity contribution in [3.8, 4) is 21.9 Å². The molecule has 8 heteroatoms. The number of amides is 1. The first-order chi connectivity index (χ1) is 16.8.